The van der Waals surface area contributed by atoms with Crippen molar-refractivity contribution in [3.8, 4) is 16.9 Å². The third-order valence-electron chi connectivity index (χ3n) is 4.56. The number of hydrogen-bond donors (Lipinski definition) is 1. The smallest absolute Gasteiger partial charge is 0.131 e. The molecule has 0 fully saturated rings. The summed E-state index contributed by atoms with van der Waals surface area (Å²) in [6, 6.07) is 22.7. The summed E-state index contributed by atoms with van der Waals surface area (Å²) in [4.78, 5) is 0. The molecule has 4 aromatic carbocycles. The van der Waals surface area contributed by atoms with Crippen LogP contribution in [0.4, 0.5) is 0 Å². The number of fused-ring (bicyclic) bond motifs is 3. The van der Waals surface area contributed by atoms with Crippen LogP contribution in [-0.2, 0) is 0 Å². The Morgan fingerprint density at radius 1 is 0.652 bits per heavy atom. The van der Waals surface area contributed by atoms with Crippen LogP contribution in [0.25, 0.3) is 32.7 Å². The minimum absolute atomic E-state index is 0.367. The van der Waals surface area contributed by atoms with Crippen LogP contribution in [0.3, 0.4) is 0 Å². The molecule has 0 saturated heterocycles. The van der Waals surface area contributed by atoms with E-state index in [1.165, 1.54) is 16.5 Å². The fourth-order valence-electron chi connectivity index (χ4n) is 3.49. The molecule has 0 atom stereocenters. The molecule has 0 aliphatic carbocycles. The Labute approximate surface area is 135 Å². The van der Waals surface area contributed by atoms with Crippen molar-refractivity contribution in [3.05, 3.63) is 77.9 Å². The van der Waals surface area contributed by atoms with Crippen LogP contribution in [0, 0.1) is 13.8 Å². The highest BCUT2D eigenvalue weighted by Gasteiger charge is 2.16. The zero-order valence-corrected chi connectivity index (χ0v) is 13.3. The maximum Gasteiger partial charge on any atom is 0.131 e. The molecular weight excluding hydrogens is 280 g/mol. The number of rotatable bonds is 1. The van der Waals surface area contributed by atoms with Gasteiger partial charge < -0.3 is 5.11 Å². The predicted octanol–water partition coefficient (Wildman–Crippen LogP) is 5.98. The summed E-state index contributed by atoms with van der Waals surface area (Å²) < 4.78 is 0. The second kappa shape index (κ2) is 5.13. The topological polar surface area (TPSA) is 20.2 Å². The summed E-state index contributed by atoms with van der Waals surface area (Å²) >= 11 is 0. The molecule has 4 rings (SSSR count). The molecule has 0 aromatic heterocycles. The van der Waals surface area contributed by atoms with Gasteiger partial charge in [0.05, 0.1) is 0 Å². The summed E-state index contributed by atoms with van der Waals surface area (Å²) in [6.07, 6.45) is 0. The summed E-state index contributed by atoms with van der Waals surface area (Å²) in [5.41, 5.74) is 4.43. The summed E-state index contributed by atoms with van der Waals surface area (Å²) in [5, 5.41) is 15.3. The van der Waals surface area contributed by atoms with Gasteiger partial charge in [-0.1, -0.05) is 72.3 Å². The molecule has 4 aromatic rings. The van der Waals surface area contributed by atoms with Gasteiger partial charge in [0.15, 0.2) is 0 Å². The average molecular weight is 298 g/mol. The molecule has 0 heterocycles. The lowest BCUT2D eigenvalue weighted by molar-refractivity contribution is 0.484. The molecule has 112 valence electrons. The number of aryl methyl sites for hydroxylation is 2. The first-order valence-corrected chi connectivity index (χ1v) is 7.87. The molecular formula is C22H18O. The fourth-order valence-corrected chi connectivity index (χ4v) is 3.49. The van der Waals surface area contributed by atoms with E-state index in [0.717, 1.165) is 27.3 Å². The summed E-state index contributed by atoms with van der Waals surface area (Å²) in [7, 11) is 0. The van der Waals surface area contributed by atoms with Crippen LogP contribution >= 0.6 is 0 Å². The lowest BCUT2D eigenvalue weighted by Crippen LogP contribution is -1.89. The van der Waals surface area contributed by atoms with E-state index in [0.29, 0.717) is 5.75 Å². The Bertz CT molecular complexity index is 1040. The van der Waals surface area contributed by atoms with Crippen molar-refractivity contribution in [1.82, 2.24) is 0 Å². The lowest BCUT2D eigenvalue weighted by Gasteiger charge is -2.16. The van der Waals surface area contributed by atoms with E-state index in [2.05, 4.69) is 56.3 Å². The largest absolute Gasteiger partial charge is 0.507 e. The molecule has 0 radical (unpaired) electrons. The van der Waals surface area contributed by atoms with E-state index >= 15 is 0 Å². The first kappa shape index (κ1) is 13.8. The third-order valence-corrected chi connectivity index (χ3v) is 4.56. The number of phenols is 1. The highest BCUT2D eigenvalue weighted by Crippen LogP contribution is 2.44. The molecule has 0 saturated carbocycles. The Hall–Kier alpha value is -2.80. The Morgan fingerprint density at radius 3 is 1.87 bits per heavy atom. The zero-order valence-electron chi connectivity index (χ0n) is 13.3. The van der Waals surface area contributed by atoms with Gasteiger partial charge in [0.2, 0.25) is 0 Å². The Balaban J connectivity index is 2.23. The van der Waals surface area contributed by atoms with Crippen LogP contribution in [0.15, 0.2) is 66.7 Å². The molecule has 23 heavy (non-hydrogen) atoms. The van der Waals surface area contributed by atoms with Crippen LogP contribution in [0.1, 0.15) is 11.1 Å². The van der Waals surface area contributed by atoms with Gasteiger partial charge >= 0.3 is 0 Å². The van der Waals surface area contributed by atoms with Gasteiger partial charge in [-0.05, 0) is 41.1 Å². The normalized spacial score (nSPS) is 11.2. The van der Waals surface area contributed by atoms with Crippen LogP contribution in [0.2, 0.25) is 0 Å². The summed E-state index contributed by atoms with van der Waals surface area (Å²) in [6.45, 7) is 4.20. The van der Waals surface area contributed by atoms with Crippen LogP contribution < -0.4 is 0 Å². The molecule has 1 nitrogen and oxygen atoms in total. The maximum absolute atomic E-state index is 11.0. The van der Waals surface area contributed by atoms with Crippen LogP contribution in [-0.4, -0.2) is 5.11 Å². The zero-order chi connectivity index (χ0) is 16.0. The van der Waals surface area contributed by atoms with E-state index in [1.807, 2.05) is 24.3 Å². The SMILES string of the molecule is Cc1ccc(-c2c(O)c3ccccc3c3ccccc23)c(C)c1. The minimum Gasteiger partial charge on any atom is -0.507 e. The molecule has 0 bridgehead atoms. The first-order valence-electron chi connectivity index (χ1n) is 7.87. The van der Waals surface area contributed by atoms with Gasteiger partial charge in [-0.2, -0.15) is 0 Å². The van der Waals surface area contributed by atoms with E-state index in [4.69, 9.17) is 0 Å². The van der Waals surface area contributed by atoms with Gasteiger partial charge in [0.1, 0.15) is 5.75 Å². The van der Waals surface area contributed by atoms with E-state index in [9.17, 15) is 5.11 Å². The molecule has 0 amide bonds. The third kappa shape index (κ3) is 2.08. The molecule has 0 aliphatic heterocycles. The fraction of sp³-hybridized carbons (Fsp3) is 0.0909. The first-order chi connectivity index (χ1) is 11.2. The van der Waals surface area contributed by atoms with Gasteiger partial charge in [-0.25, -0.2) is 0 Å². The molecule has 1 heteroatoms. The van der Waals surface area contributed by atoms with Gasteiger partial charge in [-0.3, -0.25) is 0 Å². The average Bonchev–Trinajstić information content (AvgIpc) is 2.57. The number of phenolic OH excluding ortho intramolecular Hbond substituents is 1. The molecule has 1 N–H and O–H groups in total. The Morgan fingerprint density at radius 2 is 1.22 bits per heavy atom. The van der Waals surface area contributed by atoms with Crippen molar-refractivity contribution in [2.24, 2.45) is 0 Å². The van der Waals surface area contributed by atoms with Crippen molar-refractivity contribution in [1.29, 1.82) is 0 Å². The second-order valence-corrected chi connectivity index (χ2v) is 6.13. The monoisotopic (exact) mass is 298 g/mol. The van der Waals surface area contributed by atoms with Crippen molar-refractivity contribution >= 4 is 21.5 Å². The van der Waals surface area contributed by atoms with Crippen molar-refractivity contribution in [2.45, 2.75) is 13.8 Å². The molecule has 0 aliphatic rings. The Kier molecular flexibility index (Phi) is 3.09. The van der Waals surface area contributed by atoms with Gasteiger partial charge in [0.25, 0.3) is 0 Å². The number of hydrogen-bond acceptors (Lipinski definition) is 1. The summed E-state index contributed by atoms with van der Waals surface area (Å²) in [5.74, 6) is 0.367. The van der Waals surface area contributed by atoms with Crippen molar-refractivity contribution < 1.29 is 5.11 Å². The number of benzene rings is 4. The van der Waals surface area contributed by atoms with E-state index in [-0.39, 0.29) is 0 Å². The predicted molar refractivity (Wildman–Crippen MR) is 98.0 cm³/mol. The highest BCUT2D eigenvalue weighted by molar-refractivity contribution is 6.17. The van der Waals surface area contributed by atoms with Gasteiger partial charge in [0, 0.05) is 10.9 Å². The van der Waals surface area contributed by atoms with E-state index < -0.39 is 0 Å². The quantitative estimate of drug-likeness (QED) is 0.428. The lowest BCUT2D eigenvalue weighted by atomic mass is 9.90. The minimum atomic E-state index is 0.367. The second-order valence-electron chi connectivity index (χ2n) is 6.13. The van der Waals surface area contributed by atoms with Crippen LogP contribution in [0.5, 0.6) is 5.75 Å². The number of aromatic hydroxyl groups is 1. The molecule has 0 spiro atoms. The molecule has 0 unspecified atom stereocenters. The van der Waals surface area contributed by atoms with E-state index in [1.54, 1.807) is 0 Å². The highest BCUT2D eigenvalue weighted by atomic mass is 16.3. The van der Waals surface area contributed by atoms with Gasteiger partial charge in [-0.15, -0.1) is 0 Å². The van der Waals surface area contributed by atoms with Crippen molar-refractivity contribution in [3.63, 3.8) is 0 Å². The standard InChI is InChI=1S/C22H18O/c1-14-11-12-16(15(2)13-14)21-19-9-5-3-7-17(19)18-8-4-6-10-20(18)22(21)23/h3-13,23H,1-2H3. The van der Waals surface area contributed by atoms with Crippen molar-refractivity contribution in [2.75, 3.05) is 0 Å². The maximum atomic E-state index is 11.0.